The van der Waals surface area contributed by atoms with Gasteiger partial charge in [0.25, 0.3) is 0 Å². The second-order valence-corrected chi connectivity index (χ2v) is 6.92. The van der Waals surface area contributed by atoms with E-state index in [1.54, 1.807) is 6.92 Å². The summed E-state index contributed by atoms with van der Waals surface area (Å²) in [5.74, 6) is -0.238. The van der Waals surface area contributed by atoms with E-state index in [0.717, 1.165) is 5.56 Å². The first kappa shape index (κ1) is 15.8. The van der Waals surface area contributed by atoms with Gasteiger partial charge in [-0.2, -0.15) is 0 Å². The molecule has 21 heavy (non-hydrogen) atoms. The van der Waals surface area contributed by atoms with E-state index >= 15 is 0 Å². The molecule has 2 rings (SSSR count). The molecule has 1 aromatic heterocycles. The van der Waals surface area contributed by atoms with Gasteiger partial charge < -0.3 is 10.5 Å². The Balaban J connectivity index is 2.13. The van der Waals surface area contributed by atoms with E-state index in [0.29, 0.717) is 22.5 Å². The largest absolute Gasteiger partial charge is 0.465 e. The van der Waals surface area contributed by atoms with E-state index in [9.17, 15) is 4.79 Å². The zero-order valence-corrected chi connectivity index (χ0v) is 13.5. The molecule has 7 heteroatoms. The van der Waals surface area contributed by atoms with Crippen LogP contribution in [0.1, 0.15) is 18.1 Å². The monoisotopic (exact) mass is 323 g/mol. The number of carbonyl (C=O) groups excluding carboxylic acids is 1. The fraction of sp³-hybridized carbons (Fsp3) is 0.357. The lowest BCUT2D eigenvalue weighted by Gasteiger charge is -2.14. The fourth-order valence-corrected chi connectivity index (χ4v) is 3.76. The third-order valence-corrected chi connectivity index (χ3v) is 4.73. The van der Waals surface area contributed by atoms with Crippen LogP contribution in [0.2, 0.25) is 0 Å². The van der Waals surface area contributed by atoms with Crippen LogP contribution in [0.25, 0.3) is 0 Å². The lowest BCUT2D eigenvalue weighted by Crippen LogP contribution is -2.22. The van der Waals surface area contributed by atoms with Crippen molar-refractivity contribution in [3.63, 3.8) is 0 Å². The van der Waals surface area contributed by atoms with Crippen LogP contribution < -0.4 is 5.73 Å². The molecular weight excluding hydrogens is 306 g/mol. The van der Waals surface area contributed by atoms with E-state index in [4.69, 9.17) is 10.5 Å². The smallest absolute Gasteiger partial charge is 0.319 e. The maximum Gasteiger partial charge on any atom is 0.319 e. The average molecular weight is 323 g/mol. The lowest BCUT2D eigenvalue weighted by atomic mass is 10.1. The van der Waals surface area contributed by atoms with Crippen molar-refractivity contribution in [2.75, 3.05) is 12.3 Å². The first-order chi connectivity index (χ1) is 10.1. The molecule has 2 N–H and O–H groups in total. The predicted molar refractivity (Wildman–Crippen MR) is 85.5 cm³/mol. The minimum Gasteiger partial charge on any atom is -0.465 e. The molecule has 2 aromatic rings. The minimum absolute atomic E-state index is 0.238. The number of benzene rings is 1. The van der Waals surface area contributed by atoms with Gasteiger partial charge in [-0.15, -0.1) is 10.2 Å². The van der Waals surface area contributed by atoms with E-state index in [1.165, 1.54) is 28.7 Å². The molecule has 0 radical (unpaired) electrons. The average Bonchev–Trinajstić information content (AvgIpc) is 2.84. The van der Waals surface area contributed by atoms with Gasteiger partial charge in [-0.1, -0.05) is 52.9 Å². The normalized spacial score (nSPS) is 12.1. The first-order valence-electron chi connectivity index (χ1n) is 6.56. The molecule has 1 atom stereocenters. The number of nitrogen functional groups attached to an aromatic ring is 1. The number of ether oxygens (including phenoxy) is 1. The van der Waals surface area contributed by atoms with Crippen molar-refractivity contribution in [2.45, 2.75) is 29.9 Å². The van der Waals surface area contributed by atoms with Crippen LogP contribution in [0, 0.1) is 6.92 Å². The molecule has 0 aliphatic carbocycles. The molecule has 5 nitrogen and oxygen atoms in total. The summed E-state index contributed by atoms with van der Waals surface area (Å²) in [6.07, 6.45) is 0.588. The number of anilines is 1. The summed E-state index contributed by atoms with van der Waals surface area (Å²) in [5.41, 5.74) is 7.84. The van der Waals surface area contributed by atoms with Gasteiger partial charge in [-0.05, 0) is 25.8 Å². The van der Waals surface area contributed by atoms with Gasteiger partial charge in [0.1, 0.15) is 5.25 Å². The third kappa shape index (κ3) is 4.71. The maximum atomic E-state index is 12.1. The number of nitrogens with two attached hydrogens (primary N) is 1. The summed E-state index contributed by atoms with van der Waals surface area (Å²) >= 11 is 2.62. The molecule has 1 heterocycles. The van der Waals surface area contributed by atoms with Gasteiger partial charge in [0.05, 0.1) is 6.61 Å². The number of carbonyl (C=O) groups is 1. The first-order valence-corrected chi connectivity index (χ1v) is 8.26. The molecule has 0 aliphatic rings. The highest BCUT2D eigenvalue weighted by Crippen LogP contribution is 2.30. The summed E-state index contributed by atoms with van der Waals surface area (Å²) in [7, 11) is 0. The van der Waals surface area contributed by atoms with Crippen LogP contribution in [0.3, 0.4) is 0 Å². The second kappa shape index (κ2) is 7.42. The molecule has 0 saturated carbocycles. The Labute approximate surface area is 131 Å². The SMILES string of the molecule is CCOC(=O)C(Cc1cccc(C)c1)Sc1nnc(N)s1. The predicted octanol–water partition coefficient (Wildman–Crippen LogP) is 2.70. The van der Waals surface area contributed by atoms with Crippen LogP contribution in [0.5, 0.6) is 0 Å². The summed E-state index contributed by atoms with van der Waals surface area (Å²) in [5, 5.41) is 7.78. The van der Waals surface area contributed by atoms with Crippen molar-refractivity contribution in [1.82, 2.24) is 10.2 Å². The van der Waals surface area contributed by atoms with Crippen LogP contribution in [-0.4, -0.2) is 28.0 Å². The minimum atomic E-state index is -0.348. The molecule has 1 unspecified atom stereocenters. The summed E-state index contributed by atoms with van der Waals surface area (Å²) in [4.78, 5) is 12.1. The second-order valence-electron chi connectivity index (χ2n) is 4.46. The van der Waals surface area contributed by atoms with Gasteiger partial charge in [-0.3, -0.25) is 4.79 Å². The van der Waals surface area contributed by atoms with Crippen molar-refractivity contribution >= 4 is 34.2 Å². The molecule has 0 saturated heterocycles. The van der Waals surface area contributed by atoms with Gasteiger partial charge >= 0.3 is 5.97 Å². The number of nitrogens with zero attached hydrogens (tertiary/aromatic N) is 2. The van der Waals surface area contributed by atoms with Gasteiger partial charge in [0, 0.05) is 0 Å². The Morgan fingerprint density at radius 3 is 2.90 bits per heavy atom. The molecule has 0 bridgehead atoms. The molecule has 112 valence electrons. The third-order valence-electron chi connectivity index (χ3n) is 2.72. The molecule has 0 aliphatic heterocycles. The van der Waals surface area contributed by atoms with Crippen molar-refractivity contribution < 1.29 is 9.53 Å². The zero-order valence-electron chi connectivity index (χ0n) is 11.9. The van der Waals surface area contributed by atoms with E-state index in [2.05, 4.69) is 16.3 Å². The Bertz CT molecular complexity index is 616. The number of hydrogen-bond donors (Lipinski definition) is 1. The van der Waals surface area contributed by atoms with Crippen LogP contribution >= 0.6 is 23.1 Å². The number of aryl methyl sites for hydroxylation is 1. The molecule has 0 spiro atoms. The van der Waals surface area contributed by atoms with Crippen LogP contribution in [0.4, 0.5) is 5.13 Å². The maximum absolute atomic E-state index is 12.1. The topological polar surface area (TPSA) is 78.1 Å². The highest BCUT2D eigenvalue weighted by Gasteiger charge is 2.23. The Hall–Kier alpha value is -1.60. The number of rotatable bonds is 6. The molecule has 0 amide bonds. The standard InChI is InChI=1S/C14H17N3O2S2/c1-3-19-12(18)11(20-14-17-16-13(15)21-14)8-10-6-4-5-9(2)7-10/h4-7,11H,3,8H2,1-2H3,(H2,15,16). The van der Waals surface area contributed by atoms with E-state index < -0.39 is 0 Å². The van der Waals surface area contributed by atoms with E-state index in [-0.39, 0.29) is 11.2 Å². The molecule has 1 aromatic carbocycles. The number of esters is 1. The van der Waals surface area contributed by atoms with Crippen LogP contribution in [-0.2, 0) is 16.0 Å². The quantitative estimate of drug-likeness (QED) is 0.650. The Kier molecular flexibility index (Phi) is 5.58. The van der Waals surface area contributed by atoms with Crippen molar-refractivity contribution in [2.24, 2.45) is 0 Å². The van der Waals surface area contributed by atoms with Crippen molar-refractivity contribution in [3.8, 4) is 0 Å². The Morgan fingerprint density at radius 2 is 2.29 bits per heavy atom. The molecular formula is C14H17N3O2S2. The fourth-order valence-electron chi connectivity index (χ4n) is 1.85. The van der Waals surface area contributed by atoms with Crippen molar-refractivity contribution in [3.05, 3.63) is 35.4 Å². The number of thioether (sulfide) groups is 1. The highest BCUT2D eigenvalue weighted by molar-refractivity contribution is 8.02. The zero-order chi connectivity index (χ0) is 15.2. The lowest BCUT2D eigenvalue weighted by molar-refractivity contribution is -0.142. The number of hydrogen-bond acceptors (Lipinski definition) is 7. The summed E-state index contributed by atoms with van der Waals surface area (Å²) in [6, 6.07) is 8.09. The van der Waals surface area contributed by atoms with Crippen molar-refractivity contribution in [1.29, 1.82) is 0 Å². The molecule has 0 fully saturated rings. The number of aromatic nitrogens is 2. The van der Waals surface area contributed by atoms with Crippen LogP contribution in [0.15, 0.2) is 28.6 Å². The Morgan fingerprint density at radius 1 is 1.48 bits per heavy atom. The van der Waals surface area contributed by atoms with E-state index in [1.807, 2.05) is 25.1 Å². The highest BCUT2D eigenvalue weighted by atomic mass is 32.2. The summed E-state index contributed by atoms with van der Waals surface area (Å²) < 4.78 is 5.83. The summed E-state index contributed by atoms with van der Waals surface area (Å²) in [6.45, 7) is 4.19. The van der Waals surface area contributed by atoms with Gasteiger partial charge in [0.15, 0.2) is 4.34 Å². The van der Waals surface area contributed by atoms with Gasteiger partial charge in [0.2, 0.25) is 5.13 Å². The van der Waals surface area contributed by atoms with Gasteiger partial charge in [-0.25, -0.2) is 0 Å².